The van der Waals surface area contributed by atoms with E-state index in [1.165, 1.54) is 128 Å². The Bertz CT molecular complexity index is 983. The Hall–Kier alpha value is -2.41. The number of carbonyl (C=O) groups is 3. The predicted octanol–water partition coefficient (Wildman–Crippen LogP) is 12.8. The molecule has 1 aromatic carbocycles. The summed E-state index contributed by atoms with van der Waals surface area (Å²) in [6.45, 7) is 1.30. The number of carboxylic acids is 1. The molecule has 0 aliphatic rings. The van der Waals surface area contributed by atoms with Crippen molar-refractivity contribution in [1.82, 2.24) is 4.90 Å². The first-order chi connectivity index (χ1) is 25.9. The highest BCUT2D eigenvalue weighted by molar-refractivity contribution is 5.69. The Morgan fingerprint density at radius 1 is 0.509 bits per heavy atom. The van der Waals surface area contributed by atoms with Crippen molar-refractivity contribution in [2.45, 2.75) is 218 Å². The fourth-order valence-electron chi connectivity index (χ4n) is 7.04. The van der Waals surface area contributed by atoms with E-state index in [-0.39, 0.29) is 18.0 Å². The average molecular weight is 744 g/mol. The number of nitrogens with zero attached hydrogens (tertiary/aromatic N) is 1. The third-order valence-electron chi connectivity index (χ3n) is 10.4. The van der Waals surface area contributed by atoms with E-state index in [1.54, 1.807) is 0 Å². The average Bonchev–Trinajstić information content (AvgIpc) is 3.13. The van der Waals surface area contributed by atoms with E-state index in [0.717, 1.165) is 69.9 Å². The van der Waals surface area contributed by atoms with Crippen LogP contribution < -0.4 is 0 Å². The van der Waals surface area contributed by atoms with Crippen LogP contribution in [0.5, 0.6) is 0 Å². The summed E-state index contributed by atoms with van der Waals surface area (Å²) in [7, 11) is 4.09. The Kier molecular flexibility index (Phi) is 33.5. The van der Waals surface area contributed by atoms with E-state index in [1.807, 2.05) is 44.4 Å². The van der Waals surface area contributed by atoms with Gasteiger partial charge < -0.3 is 19.5 Å². The van der Waals surface area contributed by atoms with Crippen LogP contribution in [0.2, 0.25) is 0 Å². The van der Waals surface area contributed by atoms with Crippen molar-refractivity contribution in [2.75, 3.05) is 20.6 Å². The fourth-order valence-corrected chi connectivity index (χ4v) is 7.04. The van der Waals surface area contributed by atoms with E-state index >= 15 is 0 Å². The smallest absolute Gasteiger partial charge is 0.306 e. The van der Waals surface area contributed by atoms with Gasteiger partial charge in [0.05, 0.1) is 0 Å². The summed E-state index contributed by atoms with van der Waals surface area (Å²) in [5.41, 5.74) is 1.04. The number of carboxylic acid groups (broad SMARTS) is 1. The van der Waals surface area contributed by atoms with Gasteiger partial charge in [-0.25, -0.2) is 0 Å². The van der Waals surface area contributed by atoms with Crippen LogP contribution in [0.25, 0.3) is 0 Å². The third kappa shape index (κ3) is 35.1. The number of hydrogen-bond acceptors (Lipinski definition) is 6. The molecule has 0 aromatic heterocycles. The molecule has 1 aromatic rings. The molecule has 306 valence electrons. The summed E-state index contributed by atoms with van der Waals surface area (Å²) < 4.78 is 11.4. The Morgan fingerprint density at radius 3 is 1.30 bits per heavy atom. The van der Waals surface area contributed by atoms with Gasteiger partial charge in [0.2, 0.25) is 0 Å². The number of carbonyl (C=O) groups excluding carboxylic acids is 2. The first kappa shape index (κ1) is 48.6. The van der Waals surface area contributed by atoms with Crippen LogP contribution in [-0.4, -0.2) is 54.7 Å². The molecule has 1 N–H and O–H groups in total. The van der Waals surface area contributed by atoms with Gasteiger partial charge in [0.25, 0.3) is 0 Å². The van der Waals surface area contributed by atoms with Crippen molar-refractivity contribution in [3.8, 4) is 0 Å². The van der Waals surface area contributed by atoms with Crippen LogP contribution in [-0.2, 0) is 30.5 Å². The van der Waals surface area contributed by atoms with Crippen LogP contribution in [0.15, 0.2) is 30.3 Å². The first-order valence-corrected chi connectivity index (χ1v) is 22.1. The maximum absolute atomic E-state index is 12.6. The summed E-state index contributed by atoms with van der Waals surface area (Å²) in [5.74, 6) is -0.775. The maximum atomic E-state index is 12.6. The minimum absolute atomic E-state index is 0.0173. The van der Waals surface area contributed by atoms with Gasteiger partial charge in [-0.3, -0.25) is 14.4 Å². The fraction of sp³-hybridized carbons (Fsp3) is 0.804. The van der Waals surface area contributed by atoms with E-state index < -0.39 is 5.97 Å². The molecule has 1 atom stereocenters. The van der Waals surface area contributed by atoms with Gasteiger partial charge >= 0.3 is 17.9 Å². The van der Waals surface area contributed by atoms with Crippen molar-refractivity contribution >= 4 is 17.9 Å². The summed E-state index contributed by atoms with van der Waals surface area (Å²) in [6.07, 6.45) is 36.2. The number of unbranched alkanes of at least 4 members (excludes halogenated alkanes) is 24. The van der Waals surface area contributed by atoms with Crippen LogP contribution in [0.1, 0.15) is 211 Å². The molecule has 0 fully saturated rings. The second-order valence-corrected chi connectivity index (χ2v) is 15.8. The van der Waals surface area contributed by atoms with Crippen LogP contribution in [0.4, 0.5) is 0 Å². The normalized spacial score (nSPS) is 11.9. The predicted molar refractivity (Wildman–Crippen MR) is 220 cm³/mol. The molecule has 0 spiro atoms. The molecule has 1 unspecified atom stereocenters. The van der Waals surface area contributed by atoms with E-state index in [0.29, 0.717) is 25.9 Å². The monoisotopic (exact) mass is 744 g/mol. The highest BCUT2D eigenvalue weighted by Gasteiger charge is 2.14. The van der Waals surface area contributed by atoms with Crippen molar-refractivity contribution in [2.24, 2.45) is 0 Å². The molecule has 53 heavy (non-hydrogen) atoms. The molecule has 7 heteroatoms. The number of esters is 2. The lowest BCUT2D eigenvalue weighted by Crippen LogP contribution is -2.20. The molecule has 0 amide bonds. The van der Waals surface area contributed by atoms with Crippen molar-refractivity contribution in [3.63, 3.8) is 0 Å². The number of aliphatic carboxylic acids is 1. The van der Waals surface area contributed by atoms with E-state index in [2.05, 4.69) is 4.90 Å². The maximum Gasteiger partial charge on any atom is 0.306 e. The van der Waals surface area contributed by atoms with Crippen LogP contribution >= 0.6 is 0 Å². The summed E-state index contributed by atoms with van der Waals surface area (Å²) in [6, 6.07) is 9.86. The number of rotatable bonds is 39. The number of benzene rings is 1. The molecule has 7 nitrogen and oxygen atoms in total. The lowest BCUT2D eigenvalue weighted by molar-refractivity contribution is -0.150. The quantitative estimate of drug-likeness (QED) is 0.0530. The number of hydrogen-bond donors (Lipinski definition) is 1. The van der Waals surface area contributed by atoms with Gasteiger partial charge in [-0.05, 0) is 71.1 Å². The molecule has 1 rings (SSSR count). The molecular formula is C46H81NO6. The molecule has 0 saturated carbocycles. The molecule has 0 bridgehead atoms. The van der Waals surface area contributed by atoms with E-state index in [4.69, 9.17) is 14.6 Å². The summed E-state index contributed by atoms with van der Waals surface area (Å²) in [5, 5.41) is 8.70. The molecule has 0 aliphatic heterocycles. The largest absolute Gasteiger partial charge is 0.481 e. The topological polar surface area (TPSA) is 93.1 Å². The summed E-state index contributed by atoms with van der Waals surface area (Å²) >= 11 is 0. The second-order valence-electron chi connectivity index (χ2n) is 15.8. The highest BCUT2D eigenvalue weighted by Crippen LogP contribution is 2.19. The first-order valence-electron chi connectivity index (χ1n) is 22.1. The molecule has 0 aliphatic carbocycles. The summed E-state index contributed by atoms with van der Waals surface area (Å²) in [4.78, 5) is 37.2. The SMILES string of the molecule is CN(C)CCCC(=O)OC(CCCCCCCCCCCCCCCC(=O)O)CCCCCCCCCCCCCCCC(=O)OCc1ccccc1. The minimum Gasteiger partial charge on any atom is -0.481 e. The van der Waals surface area contributed by atoms with Crippen molar-refractivity contribution < 1.29 is 29.0 Å². The number of ether oxygens (including phenoxy) is 2. The highest BCUT2D eigenvalue weighted by atomic mass is 16.5. The molecule has 0 heterocycles. The van der Waals surface area contributed by atoms with Gasteiger partial charge in [0.15, 0.2) is 0 Å². The zero-order valence-corrected chi connectivity index (χ0v) is 34.4. The van der Waals surface area contributed by atoms with Crippen LogP contribution in [0.3, 0.4) is 0 Å². The Balaban J connectivity index is 2.02. The zero-order valence-electron chi connectivity index (χ0n) is 34.4. The second kappa shape index (κ2) is 36.6. The third-order valence-corrected chi connectivity index (χ3v) is 10.4. The Morgan fingerprint density at radius 2 is 0.887 bits per heavy atom. The molecule has 0 saturated heterocycles. The standard InChI is InChI=1S/C46H81NO6/c1-47(2)40-32-39-46(51)53-43(35-28-21-17-13-9-5-3-7-11-15-19-23-30-37-44(48)49)36-29-22-18-14-10-6-4-8-12-16-20-24-31-38-45(50)52-41-42-33-26-25-27-34-42/h25-27,33-34,43H,3-24,28-32,35-41H2,1-2H3,(H,48,49). The molecule has 0 radical (unpaired) electrons. The van der Waals surface area contributed by atoms with Gasteiger partial charge in [-0.2, -0.15) is 0 Å². The Labute approximate surface area is 325 Å². The van der Waals surface area contributed by atoms with E-state index in [9.17, 15) is 14.4 Å². The van der Waals surface area contributed by atoms with Gasteiger partial charge in [-0.1, -0.05) is 172 Å². The lowest BCUT2D eigenvalue weighted by atomic mass is 10.0. The van der Waals surface area contributed by atoms with Crippen molar-refractivity contribution in [1.29, 1.82) is 0 Å². The molecular weight excluding hydrogens is 663 g/mol. The van der Waals surface area contributed by atoms with Crippen molar-refractivity contribution in [3.05, 3.63) is 35.9 Å². The van der Waals surface area contributed by atoms with Gasteiger partial charge in [-0.15, -0.1) is 0 Å². The van der Waals surface area contributed by atoms with Gasteiger partial charge in [0, 0.05) is 19.3 Å². The van der Waals surface area contributed by atoms with Gasteiger partial charge in [0.1, 0.15) is 12.7 Å². The minimum atomic E-state index is -0.674. The zero-order chi connectivity index (χ0) is 38.5. The lowest BCUT2D eigenvalue weighted by Gasteiger charge is -2.18. The van der Waals surface area contributed by atoms with Crippen LogP contribution in [0, 0.1) is 0 Å².